The maximum absolute atomic E-state index is 14.5. The Hall–Kier alpha value is -5.61. The largest absolute Gasteiger partial charge is 0.507 e. The van der Waals surface area contributed by atoms with Crippen LogP contribution in [0.15, 0.2) is 66.5 Å². The summed E-state index contributed by atoms with van der Waals surface area (Å²) in [5.74, 6) is -8.57. The first-order valence-electron chi connectivity index (χ1n) is 19.7. The van der Waals surface area contributed by atoms with Gasteiger partial charge in [-0.15, -0.1) is 0 Å². The molecule has 0 radical (unpaired) electrons. The third kappa shape index (κ3) is 9.81. The number of ketones is 1. The lowest BCUT2D eigenvalue weighted by Crippen LogP contribution is -2.46. The van der Waals surface area contributed by atoms with Gasteiger partial charge in [0.05, 0.1) is 41.2 Å². The van der Waals surface area contributed by atoms with Gasteiger partial charge in [0.2, 0.25) is 0 Å². The molecule has 3 aromatic carbocycles. The van der Waals surface area contributed by atoms with Crippen LogP contribution >= 0.6 is 11.6 Å². The molecule has 0 saturated carbocycles. The third-order valence-corrected chi connectivity index (χ3v) is 11.6. The highest BCUT2D eigenvalue weighted by molar-refractivity contribution is 6.30. The van der Waals surface area contributed by atoms with Gasteiger partial charge >= 0.3 is 11.8 Å². The van der Waals surface area contributed by atoms with E-state index in [1.165, 1.54) is 59.3 Å². The molecule has 3 aromatic rings. The van der Waals surface area contributed by atoms with E-state index in [1.807, 2.05) is 0 Å². The summed E-state index contributed by atoms with van der Waals surface area (Å²) in [5, 5.41) is 51.5. The summed E-state index contributed by atoms with van der Waals surface area (Å²) >= 11 is 5.98. The lowest BCUT2D eigenvalue weighted by Gasteiger charge is -2.38. The summed E-state index contributed by atoms with van der Waals surface area (Å²) in [7, 11) is 1.43. The minimum atomic E-state index is -2.05. The van der Waals surface area contributed by atoms with Gasteiger partial charge in [0.25, 0.3) is 17.6 Å². The molecule has 0 fully saturated rings. The third-order valence-electron chi connectivity index (χ3n) is 11.3. The Kier molecular flexibility index (Phi) is 14.5. The highest BCUT2D eigenvalue weighted by Gasteiger charge is 2.49. The number of halogens is 1. The minimum absolute atomic E-state index is 0.0507. The lowest BCUT2D eigenvalue weighted by atomic mass is 9.78. The molecule has 5 bridgehead atoms. The number of ether oxygens (including phenoxy) is 5. The lowest BCUT2D eigenvalue weighted by molar-refractivity contribution is -0.160. The van der Waals surface area contributed by atoms with Crippen LogP contribution in [-0.4, -0.2) is 87.9 Å². The highest BCUT2D eigenvalue weighted by atomic mass is 35.5. The number of benzene rings is 3. The smallest absolute Gasteiger partial charge is 0.312 e. The number of rotatable bonds is 6. The fourth-order valence-electron chi connectivity index (χ4n) is 7.62. The number of aromatic hydroxyl groups is 2. The van der Waals surface area contributed by atoms with Crippen LogP contribution in [0.1, 0.15) is 64.4 Å². The van der Waals surface area contributed by atoms with Crippen molar-refractivity contribution >= 4 is 57.3 Å². The molecule has 16 heteroatoms. The molecule has 9 atom stereocenters. The molecule has 3 aliphatic rings. The molecule has 0 saturated heterocycles. The number of esters is 1. The van der Waals surface area contributed by atoms with Crippen molar-refractivity contribution < 1.29 is 63.3 Å². The summed E-state index contributed by atoms with van der Waals surface area (Å²) in [6.45, 7) is 11.8. The van der Waals surface area contributed by atoms with Gasteiger partial charge < -0.3 is 54.7 Å². The Labute approximate surface area is 358 Å². The number of amides is 2. The number of carbonyl (C=O) groups is 4. The van der Waals surface area contributed by atoms with E-state index in [-0.39, 0.29) is 44.7 Å². The number of carbonyl (C=O) groups excluding carboxylic acids is 4. The topological polar surface area (TPSA) is 219 Å². The van der Waals surface area contributed by atoms with Crippen molar-refractivity contribution in [3.63, 3.8) is 0 Å². The van der Waals surface area contributed by atoms with E-state index in [0.717, 1.165) is 0 Å². The summed E-state index contributed by atoms with van der Waals surface area (Å²) in [4.78, 5) is 53.5. The predicted molar refractivity (Wildman–Crippen MR) is 228 cm³/mol. The minimum Gasteiger partial charge on any atom is -0.507 e. The summed E-state index contributed by atoms with van der Waals surface area (Å²) in [6, 6.07) is 7.58. The van der Waals surface area contributed by atoms with Crippen molar-refractivity contribution in [1.82, 2.24) is 0 Å². The number of hydrogen-bond donors (Lipinski definition) is 6. The number of aliphatic hydroxyl groups excluding tert-OH is 2. The Morgan fingerprint density at radius 3 is 2.26 bits per heavy atom. The fraction of sp³-hybridized carbons (Fsp3) is 0.422. The quantitative estimate of drug-likeness (QED) is 0.112. The van der Waals surface area contributed by atoms with E-state index in [9.17, 15) is 39.6 Å². The number of aliphatic hydroxyl groups is 2. The fourth-order valence-corrected chi connectivity index (χ4v) is 7.75. The zero-order valence-corrected chi connectivity index (χ0v) is 36.2. The van der Waals surface area contributed by atoms with Gasteiger partial charge in [0, 0.05) is 77.9 Å². The number of fused-ring (bicyclic) bond motifs is 14. The first kappa shape index (κ1) is 46.5. The predicted octanol–water partition coefficient (Wildman–Crippen LogP) is 6.72. The molecule has 328 valence electrons. The summed E-state index contributed by atoms with van der Waals surface area (Å²) < 4.78 is 29.6. The maximum Gasteiger partial charge on any atom is 0.312 e. The van der Waals surface area contributed by atoms with Gasteiger partial charge in [-0.05, 0) is 44.2 Å². The molecule has 6 rings (SSSR count). The number of methoxy groups -OCH3 is 1. The number of anilines is 2. The average Bonchev–Trinajstić information content (AvgIpc) is 3.48. The highest BCUT2D eigenvalue weighted by Crippen LogP contribution is 2.54. The van der Waals surface area contributed by atoms with Crippen LogP contribution in [0.25, 0.3) is 10.8 Å². The Bertz CT molecular complexity index is 2270. The van der Waals surface area contributed by atoms with E-state index >= 15 is 0 Å². The van der Waals surface area contributed by atoms with Crippen molar-refractivity contribution in [3.8, 4) is 23.0 Å². The van der Waals surface area contributed by atoms with Crippen LogP contribution in [0.2, 0.25) is 5.02 Å². The molecule has 0 unspecified atom stereocenters. The van der Waals surface area contributed by atoms with Crippen molar-refractivity contribution in [2.45, 2.75) is 85.6 Å². The van der Waals surface area contributed by atoms with Crippen molar-refractivity contribution in [2.24, 2.45) is 23.7 Å². The van der Waals surface area contributed by atoms with Gasteiger partial charge in [-0.3, -0.25) is 19.2 Å². The monoisotopic (exact) mass is 864 g/mol. The van der Waals surface area contributed by atoms with Crippen LogP contribution in [0.4, 0.5) is 11.4 Å². The van der Waals surface area contributed by atoms with Gasteiger partial charge in [0.15, 0.2) is 12.4 Å². The van der Waals surface area contributed by atoms with E-state index in [0.29, 0.717) is 10.7 Å². The van der Waals surface area contributed by atoms with Crippen LogP contribution < -0.4 is 20.1 Å². The zero-order valence-electron chi connectivity index (χ0n) is 35.4. The summed E-state index contributed by atoms with van der Waals surface area (Å²) in [5.41, 5.74) is 0.287. The molecule has 0 spiro atoms. The molecule has 3 aliphatic heterocycles. The van der Waals surface area contributed by atoms with E-state index in [2.05, 4.69) is 10.6 Å². The van der Waals surface area contributed by atoms with Gasteiger partial charge in [-0.25, -0.2) is 0 Å². The number of hydrogen-bond acceptors (Lipinski definition) is 13. The second-order valence-electron chi connectivity index (χ2n) is 15.7. The molecule has 6 N–H and O–H groups in total. The molecule has 15 nitrogen and oxygen atoms in total. The molecular weight excluding hydrogens is 812 g/mol. The standard InChI is InChI=1S/C45H53ClN2O13/c1-21-11-10-12-22(2)44(56)48-30-19-32(58-20-33(50)47-29-15-13-28(46)14-16-29)34-35(40(30)54)39(53)26(6)42-36(34)43(55)45(8,61-42)59-18-17-31(57-9)23(3)41(60-27(7)49)25(5)38(52)24(4)37(21)51/h10-19,21,23-25,31,37-38,41,51-54H,20H2,1-9H3,(H,47,50)(H,48,56)/b11-10+,18-17+,22-12-/t21-,23-,24-,25-,31+,37-,38+,41-,45+/m1/s1. The van der Waals surface area contributed by atoms with Crippen molar-refractivity contribution in [1.29, 1.82) is 0 Å². The number of allylic oxidation sites excluding steroid dienone is 2. The van der Waals surface area contributed by atoms with Gasteiger partial charge in [0.1, 0.15) is 23.4 Å². The van der Waals surface area contributed by atoms with Crippen molar-refractivity contribution in [2.75, 3.05) is 24.4 Å². The number of Topliss-reactive ketones (excluding diaryl/α,β-unsaturated/α-hetero) is 1. The number of phenols is 2. The van der Waals surface area contributed by atoms with E-state index in [4.69, 9.17) is 35.3 Å². The Balaban J connectivity index is 1.65. The normalized spacial score (nSPS) is 29.1. The average molecular weight is 865 g/mol. The molecule has 0 aromatic heterocycles. The zero-order chi connectivity index (χ0) is 45.1. The molecule has 61 heavy (non-hydrogen) atoms. The Morgan fingerprint density at radius 1 is 0.951 bits per heavy atom. The number of nitrogens with one attached hydrogen (secondary N) is 2. The first-order chi connectivity index (χ1) is 28.7. The van der Waals surface area contributed by atoms with Gasteiger partial charge in [-0.1, -0.05) is 57.5 Å². The number of phenolic OH excluding ortho intramolecular Hbond substituents is 2. The second-order valence-corrected chi connectivity index (χ2v) is 16.2. The first-order valence-corrected chi connectivity index (χ1v) is 20.1. The molecule has 3 heterocycles. The molecule has 2 amide bonds. The van der Waals surface area contributed by atoms with Crippen LogP contribution in [0.3, 0.4) is 0 Å². The molecular formula is C45H53ClN2O13. The maximum atomic E-state index is 14.5. The van der Waals surface area contributed by atoms with Crippen LogP contribution in [0.5, 0.6) is 23.0 Å². The van der Waals surface area contributed by atoms with Gasteiger partial charge in [-0.2, -0.15) is 0 Å². The summed E-state index contributed by atoms with van der Waals surface area (Å²) in [6.07, 6.45) is 3.47. The second kappa shape index (κ2) is 19.0. The van der Waals surface area contributed by atoms with E-state index < -0.39 is 95.5 Å². The molecule has 0 aliphatic carbocycles. The van der Waals surface area contributed by atoms with Crippen molar-refractivity contribution in [3.05, 3.63) is 82.6 Å². The van der Waals surface area contributed by atoms with Crippen LogP contribution in [0, 0.1) is 30.6 Å². The Morgan fingerprint density at radius 2 is 1.62 bits per heavy atom. The van der Waals surface area contributed by atoms with E-state index in [1.54, 1.807) is 64.1 Å². The van der Waals surface area contributed by atoms with Crippen LogP contribution in [-0.2, 0) is 28.6 Å². The SMILES string of the molecule is CO[C@H]1/C=C/O[C@@]2(C)Oc3c(C)c(O)c4c(O)c(cc(OCC(=O)Nc5ccc(Cl)cc5)c4c3C2=O)NC(=O)/C(C)=C\C=C\[C@@H](C)[C@@H](O)[C@@H](C)[C@H](O)[C@@H](C)[C@H](OC(C)=O)[C@@H]1C.